The average molecular weight is 461 g/mol. The Morgan fingerprint density at radius 2 is 1.18 bits per heavy atom. The second kappa shape index (κ2) is 19.6. The zero-order valence-electron chi connectivity index (χ0n) is 21.3. The molecule has 0 aromatic heterocycles. The zero-order valence-corrected chi connectivity index (χ0v) is 21.3. The number of carbonyl (C=O) groups excluding carboxylic acids is 1. The second-order valence-electron chi connectivity index (χ2n) is 9.33. The number of carboxylic acid groups (broad SMARTS) is 1. The van der Waals surface area contributed by atoms with Crippen molar-refractivity contribution in [1.82, 2.24) is 0 Å². The molecule has 4 nitrogen and oxygen atoms in total. The lowest BCUT2D eigenvalue weighted by molar-refractivity contribution is 0.0487. The molecule has 0 atom stereocenters. The summed E-state index contributed by atoms with van der Waals surface area (Å²) >= 11 is 0. The molecule has 1 rings (SSSR count). The molecule has 33 heavy (non-hydrogen) atoms. The van der Waals surface area contributed by atoms with Crippen molar-refractivity contribution in [3.8, 4) is 0 Å². The fraction of sp³-hybridized carbons (Fsp3) is 0.724. The van der Waals surface area contributed by atoms with Crippen molar-refractivity contribution < 1.29 is 19.4 Å². The normalized spacial score (nSPS) is 11.0. The van der Waals surface area contributed by atoms with Gasteiger partial charge in [-0.15, -0.1) is 0 Å². The fourth-order valence-corrected chi connectivity index (χ4v) is 4.34. The lowest BCUT2D eigenvalue weighted by Crippen LogP contribution is -2.15. The van der Waals surface area contributed by atoms with E-state index in [1.807, 2.05) is 6.07 Å². The average Bonchev–Trinajstić information content (AvgIpc) is 2.81. The monoisotopic (exact) mass is 460 g/mol. The van der Waals surface area contributed by atoms with Crippen LogP contribution < -0.4 is 0 Å². The summed E-state index contributed by atoms with van der Waals surface area (Å²) in [6.45, 7) is 4.79. The van der Waals surface area contributed by atoms with Crippen molar-refractivity contribution in [3.05, 3.63) is 34.9 Å². The van der Waals surface area contributed by atoms with Gasteiger partial charge in [0, 0.05) is 0 Å². The minimum absolute atomic E-state index is 0.123. The van der Waals surface area contributed by atoms with Gasteiger partial charge in [0.1, 0.15) is 0 Å². The van der Waals surface area contributed by atoms with Gasteiger partial charge in [-0.05, 0) is 30.9 Å². The lowest BCUT2D eigenvalue weighted by Gasteiger charge is -2.12. The summed E-state index contributed by atoms with van der Waals surface area (Å²) in [5, 5.41) is 9.76. The van der Waals surface area contributed by atoms with Gasteiger partial charge in [-0.2, -0.15) is 0 Å². The van der Waals surface area contributed by atoms with Crippen molar-refractivity contribution in [2.45, 2.75) is 129 Å². The molecule has 0 fully saturated rings. The van der Waals surface area contributed by atoms with E-state index in [4.69, 9.17) is 4.74 Å². The number of benzene rings is 1. The van der Waals surface area contributed by atoms with Gasteiger partial charge in [0.05, 0.1) is 17.7 Å². The molecule has 4 heteroatoms. The smallest absolute Gasteiger partial charge is 0.339 e. The van der Waals surface area contributed by atoms with Crippen molar-refractivity contribution >= 4 is 11.9 Å². The Morgan fingerprint density at radius 1 is 0.697 bits per heavy atom. The van der Waals surface area contributed by atoms with Gasteiger partial charge in [-0.1, -0.05) is 122 Å². The third-order valence-corrected chi connectivity index (χ3v) is 6.37. The molecule has 0 saturated carbocycles. The summed E-state index contributed by atoms with van der Waals surface area (Å²) in [5.74, 6) is -1.55. The first-order valence-electron chi connectivity index (χ1n) is 13.6. The van der Waals surface area contributed by atoms with Gasteiger partial charge < -0.3 is 9.84 Å². The highest BCUT2D eigenvalue weighted by Gasteiger charge is 2.21. The van der Waals surface area contributed by atoms with E-state index in [1.165, 1.54) is 77.0 Å². The van der Waals surface area contributed by atoms with E-state index in [0.717, 1.165) is 37.7 Å². The van der Waals surface area contributed by atoms with Gasteiger partial charge in [0.25, 0.3) is 0 Å². The van der Waals surface area contributed by atoms with Crippen LogP contribution in [0.5, 0.6) is 0 Å². The predicted molar refractivity (Wildman–Crippen MR) is 137 cm³/mol. The van der Waals surface area contributed by atoms with Gasteiger partial charge in [-0.3, -0.25) is 0 Å². The van der Waals surface area contributed by atoms with Crippen LogP contribution in [0, 0.1) is 0 Å². The van der Waals surface area contributed by atoms with Crippen LogP contribution in [-0.4, -0.2) is 23.7 Å². The highest BCUT2D eigenvalue weighted by molar-refractivity contribution is 6.03. The molecule has 0 bridgehead atoms. The number of ether oxygens (including phenoxy) is 1. The predicted octanol–water partition coefficient (Wildman–Crippen LogP) is 8.76. The molecule has 1 aromatic rings. The minimum Gasteiger partial charge on any atom is -0.478 e. The van der Waals surface area contributed by atoms with E-state index in [2.05, 4.69) is 13.8 Å². The largest absolute Gasteiger partial charge is 0.478 e. The van der Waals surface area contributed by atoms with E-state index >= 15 is 0 Å². The Bertz CT molecular complexity index is 653. The standard InChI is InChI=1S/C29H48O4/c1-3-5-7-9-11-12-13-14-15-16-18-21-25-22-20-23-26(27(25)28(30)31)29(32)33-24-19-17-10-8-6-4-2/h20,22-23H,3-19,21,24H2,1-2H3,(H,30,31). The molecular weight excluding hydrogens is 412 g/mol. The number of carbonyl (C=O) groups is 2. The summed E-state index contributed by atoms with van der Waals surface area (Å²) in [7, 11) is 0. The van der Waals surface area contributed by atoms with Crippen LogP contribution in [0.15, 0.2) is 18.2 Å². The molecule has 0 heterocycles. The summed E-state index contributed by atoms with van der Waals surface area (Å²) in [6.07, 6.45) is 21.2. The molecule has 0 saturated heterocycles. The zero-order chi connectivity index (χ0) is 24.2. The fourth-order valence-electron chi connectivity index (χ4n) is 4.34. The highest BCUT2D eigenvalue weighted by atomic mass is 16.5. The maximum atomic E-state index is 12.5. The van der Waals surface area contributed by atoms with Crippen molar-refractivity contribution in [2.24, 2.45) is 0 Å². The molecule has 0 unspecified atom stereocenters. The SMILES string of the molecule is CCCCCCCCCCCCCc1cccc(C(=O)OCCCCCCCC)c1C(=O)O. The Hall–Kier alpha value is -1.84. The quantitative estimate of drug-likeness (QED) is 0.147. The van der Waals surface area contributed by atoms with E-state index in [1.54, 1.807) is 12.1 Å². The first-order chi connectivity index (χ1) is 16.1. The number of aryl methyl sites for hydroxylation is 1. The van der Waals surface area contributed by atoms with Gasteiger partial charge >= 0.3 is 11.9 Å². The van der Waals surface area contributed by atoms with E-state index in [9.17, 15) is 14.7 Å². The number of esters is 1. The maximum Gasteiger partial charge on any atom is 0.339 e. The number of unbranched alkanes of at least 4 members (excludes halogenated alkanes) is 15. The van der Waals surface area contributed by atoms with Gasteiger partial charge in [-0.25, -0.2) is 9.59 Å². The molecule has 188 valence electrons. The first-order valence-corrected chi connectivity index (χ1v) is 13.6. The Kier molecular flexibility index (Phi) is 17.4. The second-order valence-corrected chi connectivity index (χ2v) is 9.33. The van der Waals surface area contributed by atoms with Crippen molar-refractivity contribution in [3.63, 3.8) is 0 Å². The molecular formula is C29H48O4. The number of carboxylic acids is 1. The number of rotatable bonds is 21. The van der Waals surface area contributed by atoms with E-state index in [-0.39, 0.29) is 11.1 Å². The lowest BCUT2D eigenvalue weighted by atomic mass is 9.96. The Morgan fingerprint density at radius 3 is 1.70 bits per heavy atom. The van der Waals surface area contributed by atoms with E-state index in [0.29, 0.717) is 13.0 Å². The van der Waals surface area contributed by atoms with Crippen molar-refractivity contribution in [1.29, 1.82) is 0 Å². The molecule has 0 aliphatic rings. The van der Waals surface area contributed by atoms with Crippen LogP contribution in [0.1, 0.15) is 149 Å². The topological polar surface area (TPSA) is 63.6 Å². The van der Waals surface area contributed by atoms with Crippen LogP contribution in [-0.2, 0) is 11.2 Å². The summed E-state index contributed by atoms with van der Waals surface area (Å²) in [5.41, 5.74) is 1.05. The third-order valence-electron chi connectivity index (χ3n) is 6.37. The van der Waals surface area contributed by atoms with E-state index < -0.39 is 11.9 Å². The summed E-state index contributed by atoms with van der Waals surface area (Å²) in [4.78, 5) is 24.4. The number of aromatic carboxylic acids is 1. The van der Waals surface area contributed by atoms with Crippen LogP contribution in [0.25, 0.3) is 0 Å². The first kappa shape index (κ1) is 29.2. The highest BCUT2D eigenvalue weighted by Crippen LogP contribution is 2.20. The summed E-state index contributed by atoms with van der Waals surface area (Å²) < 4.78 is 5.39. The Labute approximate surface area is 202 Å². The van der Waals surface area contributed by atoms with Gasteiger partial charge in [0.15, 0.2) is 0 Å². The third kappa shape index (κ3) is 13.5. The molecule has 0 aliphatic carbocycles. The number of hydrogen-bond acceptors (Lipinski definition) is 3. The molecule has 0 amide bonds. The van der Waals surface area contributed by atoms with Crippen molar-refractivity contribution in [2.75, 3.05) is 6.61 Å². The molecule has 1 aromatic carbocycles. The molecule has 0 spiro atoms. The van der Waals surface area contributed by atoms with Crippen LogP contribution >= 0.6 is 0 Å². The molecule has 0 radical (unpaired) electrons. The molecule has 0 aliphatic heterocycles. The Balaban J connectivity index is 2.36. The van der Waals surface area contributed by atoms with Crippen LogP contribution in [0.4, 0.5) is 0 Å². The molecule has 1 N–H and O–H groups in total. The number of hydrogen-bond donors (Lipinski definition) is 1. The van der Waals surface area contributed by atoms with Crippen LogP contribution in [0.2, 0.25) is 0 Å². The maximum absolute atomic E-state index is 12.5. The summed E-state index contributed by atoms with van der Waals surface area (Å²) in [6, 6.07) is 5.20. The van der Waals surface area contributed by atoms with Crippen LogP contribution in [0.3, 0.4) is 0 Å². The minimum atomic E-state index is -1.04. The van der Waals surface area contributed by atoms with Gasteiger partial charge in [0.2, 0.25) is 0 Å².